The van der Waals surface area contributed by atoms with Gasteiger partial charge in [0, 0.05) is 12.0 Å². The predicted molar refractivity (Wildman–Crippen MR) is 80.9 cm³/mol. The first-order valence-electron chi connectivity index (χ1n) is 8.24. The van der Waals surface area contributed by atoms with E-state index in [9.17, 15) is 15.0 Å². The van der Waals surface area contributed by atoms with Crippen LogP contribution < -0.4 is 5.32 Å². The van der Waals surface area contributed by atoms with Gasteiger partial charge in [-0.25, -0.2) is 4.79 Å². The van der Waals surface area contributed by atoms with Crippen molar-refractivity contribution in [1.82, 2.24) is 5.32 Å². The van der Waals surface area contributed by atoms with Crippen LogP contribution in [0, 0.1) is 22.7 Å². The maximum Gasteiger partial charge on any atom is 0.334 e. The third kappa shape index (κ3) is 1.72. The van der Waals surface area contributed by atoms with Gasteiger partial charge in [0.15, 0.2) is 0 Å². The van der Waals surface area contributed by atoms with Crippen LogP contribution >= 0.6 is 0 Å². The minimum atomic E-state index is -0.917. The summed E-state index contributed by atoms with van der Waals surface area (Å²) in [5, 5.41) is 23.4. The topological polar surface area (TPSA) is 69.6 Å². The number of nitrogens with one attached hydrogen (secondary N) is 1. The molecule has 0 aromatic heterocycles. The molecule has 21 heavy (non-hydrogen) atoms. The molecule has 2 fully saturated rings. The van der Waals surface area contributed by atoms with E-state index >= 15 is 0 Å². The van der Waals surface area contributed by atoms with Crippen LogP contribution in [0.3, 0.4) is 0 Å². The second-order valence-electron chi connectivity index (χ2n) is 7.47. The lowest BCUT2D eigenvalue weighted by Crippen LogP contribution is -2.52. The highest BCUT2D eigenvalue weighted by Gasteiger charge is 2.67. The average Bonchev–Trinajstić information content (AvgIpc) is 2.78. The smallest absolute Gasteiger partial charge is 0.334 e. The number of hydrogen-bond donors (Lipinski definition) is 3. The van der Waals surface area contributed by atoms with E-state index in [1.54, 1.807) is 0 Å². The van der Waals surface area contributed by atoms with Gasteiger partial charge >= 0.3 is 5.97 Å². The molecule has 0 saturated heterocycles. The molecular formula is C17H27NO3. The molecule has 0 aliphatic heterocycles. The van der Waals surface area contributed by atoms with Gasteiger partial charge in [0.1, 0.15) is 0 Å². The molecule has 3 rings (SSSR count). The Hall–Kier alpha value is -0.870. The first-order chi connectivity index (χ1) is 9.88. The van der Waals surface area contributed by atoms with E-state index in [0.29, 0.717) is 23.8 Å². The lowest BCUT2D eigenvalue weighted by Gasteiger charge is -2.53. The minimum absolute atomic E-state index is 0.0637. The molecule has 5 atom stereocenters. The van der Waals surface area contributed by atoms with Gasteiger partial charge in [-0.3, -0.25) is 0 Å². The van der Waals surface area contributed by atoms with Crippen LogP contribution in [-0.2, 0) is 4.79 Å². The molecule has 1 spiro atoms. The second-order valence-corrected chi connectivity index (χ2v) is 7.47. The van der Waals surface area contributed by atoms with Crippen LogP contribution in [0.25, 0.3) is 0 Å². The molecule has 4 heteroatoms. The van der Waals surface area contributed by atoms with Gasteiger partial charge in [-0.15, -0.1) is 0 Å². The van der Waals surface area contributed by atoms with Crippen molar-refractivity contribution in [2.75, 3.05) is 13.1 Å². The highest BCUT2D eigenvalue weighted by molar-refractivity contribution is 5.90. The first kappa shape index (κ1) is 15.0. The molecule has 0 heterocycles. The van der Waals surface area contributed by atoms with Crippen LogP contribution in [0.1, 0.15) is 46.5 Å². The summed E-state index contributed by atoms with van der Waals surface area (Å²) in [6.07, 6.45) is 3.00. The SMILES string of the molecule is CCNC[C@]1(C)[C@@H]2CC[C@@H](C)[C@]13C[C@H](O)C(C(=O)O)=C3C2. The fraction of sp³-hybridized carbons (Fsp3) is 0.824. The Balaban J connectivity index is 2.13. The van der Waals surface area contributed by atoms with Crippen molar-refractivity contribution >= 4 is 5.97 Å². The van der Waals surface area contributed by atoms with Gasteiger partial charge in [-0.05, 0) is 55.1 Å². The van der Waals surface area contributed by atoms with Crippen molar-refractivity contribution in [3.8, 4) is 0 Å². The molecule has 2 saturated carbocycles. The van der Waals surface area contributed by atoms with E-state index in [1.807, 2.05) is 0 Å². The van der Waals surface area contributed by atoms with Gasteiger partial charge in [-0.1, -0.05) is 20.8 Å². The maximum absolute atomic E-state index is 11.6. The summed E-state index contributed by atoms with van der Waals surface area (Å²) in [6.45, 7) is 8.53. The Bertz CT molecular complexity index is 500. The Morgan fingerprint density at radius 1 is 1.43 bits per heavy atom. The van der Waals surface area contributed by atoms with Crippen LogP contribution in [0.4, 0.5) is 0 Å². The molecule has 0 amide bonds. The van der Waals surface area contributed by atoms with Crippen LogP contribution in [0.5, 0.6) is 0 Å². The molecule has 3 aliphatic rings. The zero-order valence-corrected chi connectivity index (χ0v) is 13.3. The zero-order valence-electron chi connectivity index (χ0n) is 13.3. The van der Waals surface area contributed by atoms with Crippen molar-refractivity contribution in [1.29, 1.82) is 0 Å². The molecular weight excluding hydrogens is 266 g/mol. The van der Waals surface area contributed by atoms with E-state index in [2.05, 4.69) is 26.1 Å². The lowest BCUT2D eigenvalue weighted by molar-refractivity contribution is -0.133. The largest absolute Gasteiger partial charge is 0.478 e. The average molecular weight is 293 g/mol. The standard InChI is InChI=1S/C17H27NO3/c1-4-18-9-16(3)11-6-5-10(2)17(16)8-13(19)14(15(20)21)12(17)7-11/h10-11,13,18-19H,4-9H2,1-3H3,(H,20,21)/t10-,11-,13+,16-,17+/m1/s1. The summed E-state index contributed by atoms with van der Waals surface area (Å²) in [7, 11) is 0. The maximum atomic E-state index is 11.6. The molecule has 3 aliphatic carbocycles. The number of carboxylic acid groups (broad SMARTS) is 1. The van der Waals surface area contributed by atoms with Gasteiger partial charge < -0.3 is 15.5 Å². The number of aliphatic hydroxyl groups is 1. The number of aliphatic carboxylic acids is 1. The Labute approximate surface area is 126 Å². The summed E-state index contributed by atoms with van der Waals surface area (Å²) >= 11 is 0. The predicted octanol–water partition coefficient (Wildman–Crippen LogP) is 2.18. The Kier molecular flexibility index (Phi) is 3.45. The fourth-order valence-corrected chi connectivity index (χ4v) is 5.82. The summed E-state index contributed by atoms with van der Waals surface area (Å²) in [5.41, 5.74) is 1.33. The Morgan fingerprint density at radius 3 is 2.76 bits per heavy atom. The quantitative estimate of drug-likeness (QED) is 0.743. The van der Waals surface area contributed by atoms with Gasteiger partial charge in [-0.2, -0.15) is 0 Å². The normalized spacial score (nSPS) is 45.0. The summed E-state index contributed by atoms with van der Waals surface area (Å²) < 4.78 is 0. The molecule has 3 N–H and O–H groups in total. The third-order valence-corrected chi connectivity index (χ3v) is 6.84. The van der Waals surface area contributed by atoms with Crippen molar-refractivity contribution < 1.29 is 15.0 Å². The number of carboxylic acids is 1. The number of hydrogen-bond acceptors (Lipinski definition) is 3. The molecule has 0 aromatic carbocycles. The fourth-order valence-electron chi connectivity index (χ4n) is 5.82. The van der Waals surface area contributed by atoms with Crippen LogP contribution in [0.2, 0.25) is 0 Å². The van der Waals surface area contributed by atoms with Gasteiger partial charge in [0.2, 0.25) is 0 Å². The molecule has 118 valence electrons. The van der Waals surface area contributed by atoms with E-state index < -0.39 is 12.1 Å². The van der Waals surface area contributed by atoms with Crippen molar-refractivity contribution in [2.45, 2.75) is 52.6 Å². The molecule has 0 radical (unpaired) electrons. The Morgan fingerprint density at radius 2 is 2.14 bits per heavy atom. The van der Waals surface area contributed by atoms with Crippen molar-refractivity contribution in [3.05, 3.63) is 11.1 Å². The van der Waals surface area contributed by atoms with Crippen molar-refractivity contribution in [3.63, 3.8) is 0 Å². The number of allylic oxidation sites excluding steroid dienone is 1. The van der Waals surface area contributed by atoms with Crippen molar-refractivity contribution in [2.24, 2.45) is 22.7 Å². The van der Waals surface area contributed by atoms with Gasteiger partial charge in [0.25, 0.3) is 0 Å². The van der Waals surface area contributed by atoms with Gasteiger partial charge in [0.05, 0.1) is 11.7 Å². The summed E-state index contributed by atoms with van der Waals surface area (Å²) in [4.78, 5) is 11.6. The van der Waals surface area contributed by atoms with E-state index in [4.69, 9.17) is 0 Å². The molecule has 2 bridgehead atoms. The number of rotatable bonds is 4. The van der Waals surface area contributed by atoms with E-state index in [1.165, 1.54) is 6.42 Å². The van der Waals surface area contributed by atoms with E-state index in [-0.39, 0.29) is 10.8 Å². The highest BCUT2D eigenvalue weighted by atomic mass is 16.4. The molecule has 0 aromatic rings. The highest BCUT2D eigenvalue weighted by Crippen LogP contribution is 2.72. The summed E-state index contributed by atoms with van der Waals surface area (Å²) in [5.74, 6) is 0.0749. The third-order valence-electron chi connectivity index (χ3n) is 6.84. The first-order valence-corrected chi connectivity index (χ1v) is 8.24. The summed E-state index contributed by atoms with van der Waals surface area (Å²) in [6, 6.07) is 0. The van der Waals surface area contributed by atoms with E-state index in [0.717, 1.165) is 31.5 Å². The second kappa shape index (κ2) is 4.82. The number of fused-ring (bicyclic) bond motifs is 1. The minimum Gasteiger partial charge on any atom is -0.478 e. The number of aliphatic hydroxyl groups excluding tert-OH is 1. The van der Waals surface area contributed by atoms with Crippen LogP contribution in [0.15, 0.2) is 11.1 Å². The zero-order chi connectivity index (χ0) is 15.4. The molecule has 4 nitrogen and oxygen atoms in total. The monoisotopic (exact) mass is 293 g/mol. The number of carbonyl (C=O) groups is 1. The lowest BCUT2D eigenvalue weighted by atomic mass is 9.52. The molecule has 0 unspecified atom stereocenters. The van der Waals surface area contributed by atoms with Crippen LogP contribution in [-0.4, -0.2) is 35.4 Å².